The van der Waals surface area contributed by atoms with Crippen LogP contribution in [-0.4, -0.2) is 11.8 Å². The van der Waals surface area contributed by atoms with Gasteiger partial charge >= 0.3 is 0 Å². The second kappa shape index (κ2) is 6.02. The lowest BCUT2D eigenvalue weighted by Gasteiger charge is -2.07. The number of nitrogens with one attached hydrogen (secondary N) is 2. The molecule has 22 heavy (non-hydrogen) atoms. The van der Waals surface area contributed by atoms with Gasteiger partial charge in [-0.1, -0.05) is 42.0 Å². The van der Waals surface area contributed by atoms with Crippen molar-refractivity contribution < 1.29 is 9.59 Å². The summed E-state index contributed by atoms with van der Waals surface area (Å²) in [6, 6.07) is 13.8. The van der Waals surface area contributed by atoms with Crippen LogP contribution in [0.2, 0.25) is 0 Å². The van der Waals surface area contributed by atoms with E-state index in [2.05, 4.69) is 10.6 Å². The number of hydrogen-bond donors (Lipinski definition) is 2. The van der Waals surface area contributed by atoms with E-state index in [-0.39, 0.29) is 11.8 Å². The maximum Gasteiger partial charge on any atom is 0.228 e. The van der Waals surface area contributed by atoms with E-state index in [9.17, 15) is 9.59 Å². The van der Waals surface area contributed by atoms with Gasteiger partial charge < -0.3 is 10.6 Å². The Kier molecular flexibility index (Phi) is 3.92. The highest BCUT2D eigenvalue weighted by atomic mass is 16.2. The molecule has 0 aliphatic carbocycles. The summed E-state index contributed by atoms with van der Waals surface area (Å²) in [6.45, 7) is 2.50. The van der Waals surface area contributed by atoms with Gasteiger partial charge in [0, 0.05) is 12.2 Å². The van der Waals surface area contributed by atoms with Gasteiger partial charge in [0.15, 0.2) is 0 Å². The molecular formula is C18H18N2O2. The van der Waals surface area contributed by atoms with Crippen LogP contribution < -0.4 is 10.6 Å². The van der Waals surface area contributed by atoms with E-state index in [0.29, 0.717) is 19.4 Å². The highest BCUT2D eigenvalue weighted by Crippen LogP contribution is 2.23. The molecule has 2 aromatic rings. The van der Waals surface area contributed by atoms with Gasteiger partial charge in [0.2, 0.25) is 11.8 Å². The van der Waals surface area contributed by atoms with Gasteiger partial charge in [-0.15, -0.1) is 0 Å². The van der Waals surface area contributed by atoms with Gasteiger partial charge in [0.25, 0.3) is 0 Å². The van der Waals surface area contributed by atoms with Crippen molar-refractivity contribution in [3.05, 3.63) is 64.7 Å². The second-order valence-corrected chi connectivity index (χ2v) is 5.66. The first-order valence-corrected chi connectivity index (χ1v) is 7.34. The van der Waals surface area contributed by atoms with E-state index in [1.54, 1.807) is 0 Å². The van der Waals surface area contributed by atoms with E-state index in [4.69, 9.17) is 0 Å². The average molecular weight is 294 g/mol. The Bertz CT molecular complexity index is 720. The Morgan fingerprint density at radius 1 is 1.14 bits per heavy atom. The lowest BCUT2D eigenvalue weighted by molar-refractivity contribution is -0.120. The Morgan fingerprint density at radius 3 is 2.64 bits per heavy atom. The number of anilines is 1. The molecule has 0 bridgehead atoms. The lowest BCUT2D eigenvalue weighted by atomic mass is 10.1. The number of rotatable bonds is 4. The summed E-state index contributed by atoms with van der Waals surface area (Å²) in [5.41, 5.74) is 5.07. The number of aryl methyl sites for hydroxylation is 1. The highest BCUT2D eigenvalue weighted by Gasteiger charge is 2.17. The van der Waals surface area contributed by atoms with Crippen molar-refractivity contribution in [3.8, 4) is 0 Å². The van der Waals surface area contributed by atoms with Crippen LogP contribution in [0.15, 0.2) is 42.5 Å². The predicted molar refractivity (Wildman–Crippen MR) is 85.5 cm³/mol. The van der Waals surface area contributed by atoms with E-state index in [0.717, 1.165) is 22.4 Å². The number of fused-ring (bicyclic) bond motifs is 1. The normalized spacial score (nSPS) is 12.7. The summed E-state index contributed by atoms with van der Waals surface area (Å²) >= 11 is 0. The summed E-state index contributed by atoms with van der Waals surface area (Å²) < 4.78 is 0. The molecule has 2 aromatic carbocycles. The van der Waals surface area contributed by atoms with E-state index in [1.807, 2.05) is 49.4 Å². The van der Waals surface area contributed by atoms with Gasteiger partial charge in [-0.2, -0.15) is 0 Å². The molecule has 0 radical (unpaired) electrons. The highest BCUT2D eigenvalue weighted by molar-refractivity contribution is 5.99. The van der Waals surface area contributed by atoms with Crippen molar-refractivity contribution in [1.82, 2.24) is 5.32 Å². The van der Waals surface area contributed by atoms with Crippen LogP contribution in [0.1, 0.15) is 22.3 Å². The van der Waals surface area contributed by atoms with Crippen molar-refractivity contribution in [2.45, 2.75) is 26.3 Å². The first-order chi connectivity index (χ1) is 10.6. The maximum absolute atomic E-state index is 12.0. The Hall–Kier alpha value is -2.62. The molecule has 4 heteroatoms. The van der Waals surface area contributed by atoms with Gasteiger partial charge in [0.1, 0.15) is 0 Å². The van der Waals surface area contributed by atoms with Gasteiger partial charge in [-0.25, -0.2) is 0 Å². The molecule has 1 aliphatic heterocycles. The molecule has 0 atom stereocenters. The fourth-order valence-corrected chi connectivity index (χ4v) is 2.55. The molecular weight excluding hydrogens is 276 g/mol. The van der Waals surface area contributed by atoms with Crippen LogP contribution in [0.4, 0.5) is 5.69 Å². The van der Waals surface area contributed by atoms with Gasteiger partial charge in [-0.3, -0.25) is 9.59 Å². The molecule has 112 valence electrons. The Morgan fingerprint density at radius 2 is 1.86 bits per heavy atom. The minimum atomic E-state index is -0.00134. The van der Waals surface area contributed by atoms with Crippen LogP contribution >= 0.6 is 0 Å². The summed E-state index contributed by atoms with van der Waals surface area (Å²) in [4.78, 5) is 23.3. The third-order valence-corrected chi connectivity index (χ3v) is 3.77. The van der Waals surface area contributed by atoms with Gasteiger partial charge in [-0.05, 0) is 29.7 Å². The molecule has 2 N–H and O–H groups in total. The fourth-order valence-electron chi connectivity index (χ4n) is 2.55. The van der Waals surface area contributed by atoms with Crippen LogP contribution in [0.3, 0.4) is 0 Å². The quantitative estimate of drug-likeness (QED) is 0.909. The molecule has 4 nitrogen and oxygen atoms in total. The number of carbonyl (C=O) groups excluding carboxylic acids is 2. The van der Waals surface area contributed by atoms with Crippen LogP contribution in [0.25, 0.3) is 0 Å². The number of carbonyl (C=O) groups is 2. The molecule has 0 saturated heterocycles. The van der Waals surface area contributed by atoms with Crippen LogP contribution in [0, 0.1) is 6.92 Å². The SMILES string of the molecule is Cc1ccc(CC(=O)NCc2ccc3c(c2)CC(=O)N3)cc1. The van der Waals surface area contributed by atoms with Crippen molar-refractivity contribution in [2.75, 3.05) is 5.32 Å². The van der Waals surface area contributed by atoms with E-state index < -0.39 is 0 Å². The second-order valence-electron chi connectivity index (χ2n) is 5.66. The standard InChI is InChI=1S/C18H18N2O2/c1-12-2-4-13(5-3-12)9-17(21)19-11-14-6-7-16-15(8-14)10-18(22)20-16/h2-8H,9-11H2,1H3,(H,19,21)(H,20,22). The minimum Gasteiger partial charge on any atom is -0.352 e. The fraction of sp³-hybridized carbons (Fsp3) is 0.222. The molecule has 0 fully saturated rings. The third kappa shape index (κ3) is 3.34. The molecule has 0 unspecified atom stereocenters. The number of hydrogen-bond acceptors (Lipinski definition) is 2. The summed E-state index contributed by atoms with van der Waals surface area (Å²) in [5, 5.41) is 5.72. The average Bonchev–Trinajstić information content (AvgIpc) is 2.87. The van der Waals surface area contributed by atoms with Crippen molar-refractivity contribution >= 4 is 17.5 Å². The van der Waals surface area contributed by atoms with E-state index in [1.165, 1.54) is 5.56 Å². The first-order valence-electron chi connectivity index (χ1n) is 7.34. The zero-order valence-electron chi connectivity index (χ0n) is 12.5. The zero-order valence-corrected chi connectivity index (χ0v) is 12.5. The Balaban J connectivity index is 1.56. The van der Waals surface area contributed by atoms with Crippen molar-refractivity contribution in [2.24, 2.45) is 0 Å². The van der Waals surface area contributed by atoms with Crippen molar-refractivity contribution in [3.63, 3.8) is 0 Å². The summed E-state index contributed by atoms with van der Waals surface area (Å²) in [5.74, 6) is 0.0223. The predicted octanol–water partition coefficient (Wildman–Crippen LogP) is 2.35. The topological polar surface area (TPSA) is 58.2 Å². The van der Waals surface area contributed by atoms with E-state index >= 15 is 0 Å². The van der Waals surface area contributed by atoms with Crippen molar-refractivity contribution in [1.29, 1.82) is 0 Å². The summed E-state index contributed by atoms with van der Waals surface area (Å²) in [7, 11) is 0. The zero-order chi connectivity index (χ0) is 15.5. The smallest absolute Gasteiger partial charge is 0.228 e. The molecule has 3 rings (SSSR count). The molecule has 2 amide bonds. The molecule has 0 saturated carbocycles. The maximum atomic E-state index is 12.0. The minimum absolute atomic E-state index is 0.00134. The van der Waals surface area contributed by atoms with Crippen LogP contribution in [0.5, 0.6) is 0 Å². The third-order valence-electron chi connectivity index (χ3n) is 3.77. The van der Waals surface area contributed by atoms with Crippen LogP contribution in [-0.2, 0) is 29.0 Å². The number of benzene rings is 2. The molecule has 0 spiro atoms. The first kappa shape index (κ1) is 14.3. The molecule has 1 heterocycles. The largest absolute Gasteiger partial charge is 0.352 e. The molecule has 0 aromatic heterocycles. The summed E-state index contributed by atoms with van der Waals surface area (Å²) in [6.07, 6.45) is 0.797. The lowest BCUT2D eigenvalue weighted by Crippen LogP contribution is -2.24. The van der Waals surface area contributed by atoms with Gasteiger partial charge in [0.05, 0.1) is 12.8 Å². The number of amides is 2. The monoisotopic (exact) mass is 294 g/mol. The molecule has 1 aliphatic rings. The Labute approximate surface area is 129 Å².